The Morgan fingerprint density at radius 2 is 1.82 bits per heavy atom. The summed E-state index contributed by atoms with van der Waals surface area (Å²) >= 11 is 7.34. The summed E-state index contributed by atoms with van der Waals surface area (Å²) in [6.07, 6.45) is 0.571. The number of nitro groups is 1. The Morgan fingerprint density at radius 1 is 1.06 bits per heavy atom. The fraction of sp³-hybridized carbons (Fsp3) is 0.167. The minimum atomic E-state index is -0.471. The summed E-state index contributed by atoms with van der Waals surface area (Å²) in [6.45, 7) is 3.62. The van der Waals surface area contributed by atoms with E-state index in [1.165, 1.54) is 30.0 Å². The summed E-state index contributed by atoms with van der Waals surface area (Å²) in [5, 5.41) is 16.7. The highest BCUT2D eigenvalue weighted by Gasteiger charge is 2.20. The van der Waals surface area contributed by atoms with Gasteiger partial charge in [0.15, 0.2) is 0 Å². The van der Waals surface area contributed by atoms with Gasteiger partial charge < -0.3 is 10.6 Å². The molecule has 0 aliphatic heterocycles. The number of aryl methyl sites for hydroxylation is 1. The molecule has 33 heavy (non-hydrogen) atoms. The largest absolute Gasteiger partial charge is 0.325 e. The molecule has 0 fully saturated rings. The van der Waals surface area contributed by atoms with Crippen LogP contribution in [0.25, 0.3) is 0 Å². The van der Waals surface area contributed by atoms with E-state index < -0.39 is 10.2 Å². The Hall–Kier alpha value is -3.36. The second-order valence-corrected chi connectivity index (χ2v) is 8.97. The number of benzene rings is 3. The third-order valence-corrected chi connectivity index (χ3v) is 6.39. The van der Waals surface area contributed by atoms with Gasteiger partial charge in [-0.2, -0.15) is 0 Å². The topological polar surface area (TPSA) is 101 Å². The number of nitrogens with one attached hydrogen (secondary N) is 2. The van der Waals surface area contributed by atoms with Crippen LogP contribution in [0.5, 0.6) is 0 Å². The zero-order valence-electron chi connectivity index (χ0n) is 18.0. The monoisotopic (exact) mass is 483 g/mol. The maximum Gasteiger partial charge on any atom is 0.269 e. The van der Waals surface area contributed by atoms with Gasteiger partial charge in [-0.25, -0.2) is 0 Å². The third kappa shape index (κ3) is 6.57. The summed E-state index contributed by atoms with van der Waals surface area (Å²) in [5.74, 6) is -0.481. The minimum Gasteiger partial charge on any atom is -0.325 e. The third-order valence-electron chi connectivity index (χ3n) is 4.80. The molecule has 0 heterocycles. The molecule has 170 valence electrons. The lowest BCUT2D eigenvalue weighted by Gasteiger charge is -2.16. The van der Waals surface area contributed by atoms with Crippen molar-refractivity contribution in [2.45, 2.75) is 30.4 Å². The Balaban J connectivity index is 1.68. The molecular formula is C24H22ClN3O4S. The van der Waals surface area contributed by atoms with Gasteiger partial charge in [-0.3, -0.25) is 19.7 Å². The maximum absolute atomic E-state index is 12.9. The van der Waals surface area contributed by atoms with Crippen molar-refractivity contribution < 1.29 is 14.5 Å². The van der Waals surface area contributed by atoms with Gasteiger partial charge in [0.1, 0.15) is 0 Å². The van der Waals surface area contributed by atoms with E-state index in [-0.39, 0.29) is 17.5 Å². The molecule has 3 aromatic rings. The number of anilines is 2. The van der Waals surface area contributed by atoms with Crippen molar-refractivity contribution in [2.24, 2.45) is 0 Å². The molecule has 0 aromatic heterocycles. The van der Waals surface area contributed by atoms with Gasteiger partial charge >= 0.3 is 0 Å². The first kappa shape index (κ1) is 24.3. The molecule has 2 N–H and O–H groups in total. The molecular weight excluding hydrogens is 462 g/mol. The van der Waals surface area contributed by atoms with Crippen LogP contribution < -0.4 is 10.6 Å². The van der Waals surface area contributed by atoms with Crippen molar-refractivity contribution in [2.75, 3.05) is 10.6 Å². The molecule has 9 heteroatoms. The van der Waals surface area contributed by atoms with E-state index in [4.69, 9.17) is 11.6 Å². The summed E-state index contributed by atoms with van der Waals surface area (Å²) in [6, 6.07) is 18.3. The normalized spacial score (nSPS) is 11.5. The quantitative estimate of drug-likeness (QED) is 0.222. The van der Waals surface area contributed by atoms with Crippen LogP contribution in [0.15, 0.2) is 71.6 Å². The smallest absolute Gasteiger partial charge is 0.269 e. The highest BCUT2D eigenvalue weighted by atomic mass is 35.5. The molecule has 7 nitrogen and oxygen atoms in total. The average molecular weight is 484 g/mol. The number of carbonyl (C=O) groups is 2. The number of hydrogen-bond acceptors (Lipinski definition) is 5. The number of rotatable bonds is 8. The number of nitro benzene ring substituents is 1. The number of hydrogen-bond donors (Lipinski definition) is 2. The first-order valence-electron chi connectivity index (χ1n) is 10.2. The second-order valence-electron chi connectivity index (χ2n) is 7.25. The molecule has 0 bridgehead atoms. The lowest BCUT2D eigenvalue weighted by atomic mass is 10.1. The summed E-state index contributed by atoms with van der Waals surface area (Å²) < 4.78 is 0. The number of carbonyl (C=O) groups excluding carboxylic acids is 2. The summed E-state index contributed by atoms with van der Waals surface area (Å²) in [5.41, 5.74) is 2.18. The lowest BCUT2D eigenvalue weighted by molar-refractivity contribution is -0.384. The molecule has 0 aliphatic rings. The highest BCUT2D eigenvalue weighted by Crippen LogP contribution is 2.29. The van der Waals surface area contributed by atoms with E-state index in [2.05, 4.69) is 10.6 Å². The van der Waals surface area contributed by atoms with Gasteiger partial charge in [0.25, 0.3) is 11.6 Å². The van der Waals surface area contributed by atoms with Gasteiger partial charge in [0.2, 0.25) is 5.91 Å². The fourth-order valence-electron chi connectivity index (χ4n) is 3.08. The van der Waals surface area contributed by atoms with E-state index in [9.17, 15) is 19.7 Å². The van der Waals surface area contributed by atoms with E-state index in [1.54, 1.807) is 49.4 Å². The molecule has 1 unspecified atom stereocenters. The zero-order valence-corrected chi connectivity index (χ0v) is 19.6. The van der Waals surface area contributed by atoms with Crippen LogP contribution >= 0.6 is 23.4 Å². The minimum absolute atomic E-state index is 0.0245. The SMILES string of the molecule is CCC(Sc1cccc(NC(=O)c2cccc(Cl)c2)c1)C(=O)Nc1ccc([N+](=O)[O-])cc1C. The van der Waals surface area contributed by atoms with Gasteiger partial charge in [0.05, 0.1) is 10.2 Å². The van der Waals surface area contributed by atoms with E-state index >= 15 is 0 Å². The summed E-state index contributed by atoms with van der Waals surface area (Å²) in [4.78, 5) is 36.6. The van der Waals surface area contributed by atoms with Gasteiger partial charge in [0, 0.05) is 39.0 Å². The summed E-state index contributed by atoms with van der Waals surface area (Å²) in [7, 11) is 0. The number of halogens is 1. The van der Waals surface area contributed by atoms with Crippen molar-refractivity contribution >= 4 is 52.2 Å². The van der Waals surface area contributed by atoms with Crippen molar-refractivity contribution in [3.8, 4) is 0 Å². The molecule has 1 atom stereocenters. The molecule has 0 saturated heterocycles. The Morgan fingerprint density at radius 3 is 2.48 bits per heavy atom. The van der Waals surface area contributed by atoms with Crippen molar-refractivity contribution in [1.82, 2.24) is 0 Å². The van der Waals surface area contributed by atoms with E-state index in [0.717, 1.165) is 4.90 Å². The molecule has 3 rings (SSSR count). The van der Waals surface area contributed by atoms with Crippen LogP contribution in [0.2, 0.25) is 5.02 Å². The molecule has 3 aromatic carbocycles. The highest BCUT2D eigenvalue weighted by molar-refractivity contribution is 8.00. The van der Waals surface area contributed by atoms with E-state index in [1.807, 2.05) is 13.0 Å². The van der Waals surface area contributed by atoms with Crippen LogP contribution in [-0.4, -0.2) is 22.0 Å². The second kappa shape index (κ2) is 11.0. The average Bonchev–Trinajstić information content (AvgIpc) is 2.78. The van der Waals surface area contributed by atoms with Crippen molar-refractivity contribution in [3.63, 3.8) is 0 Å². The molecule has 0 spiro atoms. The molecule has 0 aliphatic carbocycles. The standard InChI is InChI=1S/C24H22ClN3O4S/c1-3-22(24(30)27-21-11-10-19(28(31)32)12-15(21)2)33-20-9-5-8-18(14-20)26-23(29)16-6-4-7-17(25)13-16/h4-14,22H,3H2,1-2H3,(H,26,29)(H,27,30). The predicted molar refractivity (Wildman–Crippen MR) is 132 cm³/mol. The van der Waals surface area contributed by atoms with Crippen LogP contribution in [0.4, 0.5) is 17.1 Å². The Kier molecular flexibility index (Phi) is 8.08. The van der Waals surface area contributed by atoms with Crippen LogP contribution in [0.1, 0.15) is 29.3 Å². The predicted octanol–water partition coefficient (Wildman–Crippen LogP) is 6.32. The molecule has 2 amide bonds. The Labute approximate surface area is 200 Å². The van der Waals surface area contributed by atoms with Gasteiger partial charge in [-0.1, -0.05) is 30.7 Å². The fourth-order valence-corrected chi connectivity index (χ4v) is 4.29. The van der Waals surface area contributed by atoms with Crippen molar-refractivity contribution in [3.05, 3.63) is 93.0 Å². The van der Waals surface area contributed by atoms with Crippen molar-refractivity contribution in [1.29, 1.82) is 0 Å². The number of amides is 2. The van der Waals surface area contributed by atoms with Crippen LogP contribution in [0, 0.1) is 17.0 Å². The maximum atomic E-state index is 12.9. The molecule has 0 radical (unpaired) electrons. The number of non-ortho nitro benzene ring substituents is 1. The molecule has 0 saturated carbocycles. The lowest BCUT2D eigenvalue weighted by Crippen LogP contribution is -2.25. The Bertz CT molecular complexity index is 1200. The first-order chi connectivity index (χ1) is 15.8. The van der Waals surface area contributed by atoms with Crippen LogP contribution in [-0.2, 0) is 4.79 Å². The number of thioether (sulfide) groups is 1. The van der Waals surface area contributed by atoms with Gasteiger partial charge in [-0.15, -0.1) is 11.8 Å². The first-order valence-corrected chi connectivity index (χ1v) is 11.4. The van der Waals surface area contributed by atoms with Crippen LogP contribution in [0.3, 0.4) is 0 Å². The van der Waals surface area contributed by atoms with E-state index in [0.29, 0.717) is 33.9 Å². The number of nitrogens with zero attached hydrogens (tertiary/aromatic N) is 1. The van der Waals surface area contributed by atoms with Gasteiger partial charge in [-0.05, 0) is 61.4 Å². The zero-order chi connectivity index (χ0) is 24.0.